The third-order valence-electron chi connectivity index (χ3n) is 5.20. The van der Waals surface area contributed by atoms with Gasteiger partial charge in [0.05, 0.1) is 16.8 Å². The van der Waals surface area contributed by atoms with Gasteiger partial charge in [-0.15, -0.1) is 0 Å². The minimum atomic E-state index is -0.127. The SMILES string of the molecule is Cc1cc(C)c2nc(N(CCn3cccn3)C(=O)c3ccc4c(c3)OCCO4)sc2c1. The van der Waals surface area contributed by atoms with E-state index in [0.717, 1.165) is 15.8 Å². The summed E-state index contributed by atoms with van der Waals surface area (Å²) in [7, 11) is 0. The highest BCUT2D eigenvalue weighted by atomic mass is 32.1. The van der Waals surface area contributed by atoms with Crippen LogP contribution in [0.25, 0.3) is 10.2 Å². The Morgan fingerprint density at radius 1 is 1.16 bits per heavy atom. The van der Waals surface area contributed by atoms with Crippen molar-refractivity contribution in [3.8, 4) is 11.5 Å². The third-order valence-corrected chi connectivity index (χ3v) is 6.22. The fraction of sp³-hybridized carbons (Fsp3) is 0.261. The number of carbonyl (C=O) groups is 1. The summed E-state index contributed by atoms with van der Waals surface area (Å²) in [6, 6.07) is 11.4. The quantitative estimate of drug-likeness (QED) is 0.470. The van der Waals surface area contributed by atoms with Gasteiger partial charge in [-0.1, -0.05) is 17.4 Å². The zero-order valence-corrected chi connectivity index (χ0v) is 18.2. The molecule has 3 heterocycles. The summed E-state index contributed by atoms with van der Waals surface area (Å²) in [5, 5.41) is 4.94. The van der Waals surface area contributed by atoms with E-state index in [1.807, 2.05) is 16.9 Å². The van der Waals surface area contributed by atoms with E-state index in [9.17, 15) is 4.79 Å². The van der Waals surface area contributed by atoms with Gasteiger partial charge in [0.15, 0.2) is 16.6 Å². The molecular formula is C23H22N4O3S. The van der Waals surface area contributed by atoms with Gasteiger partial charge in [-0.05, 0) is 55.3 Å². The van der Waals surface area contributed by atoms with Crippen LogP contribution in [0.3, 0.4) is 0 Å². The summed E-state index contributed by atoms with van der Waals surface area (Å²) in [5.41, 5.74) is 3.76. The van der Waals surface area contributed by atoms with Gasteiger partial charge in [0, 0.05) is 24.5 Å². The van der Waals surface area contributed by atoms with Gasteiger partial charge in [-0.3, -0.25) is 14.4 Å². The molecular weight excluding hydrogens is 412 g/mol. The van der Waals surface area contributed by atoms with Crippen LogP contribution < -0.4 is 14.4 Å². The number of amides is 1. The molecule has 0 fully saturated rings. The van der Waals surface area contributed by atoms with E-state index in [2.05, 4.69) is 31.1 Å². The molecule has 0 N–H and O–H groups in total. The molecule has 0 atom stereocenters. The zero-order chi connectivity index (χ0) is 21.4. The van der Waals surface area contributed by atoms with Crippen molar-refractivity contribution in [1.82, 2.24) is 14.8 Å². The molecule has 2 aromatic heterocycles. The maximum absolute atomic E-state index is 13.6. The van der Waals surface area contributed by atoms with Gasteiger partial charge < -0.3 is 9.47 Å². The van der Waals surface area contributed by atoms with Crippen molar-refractivity contribution in [1.29, 1.82) is 0 Å². The van der Waals surface area contributed by atoms with Crippen LogP contribution in [0, 0.1) is 13.8 Å². The van der Waals surface area contributed by atoms with E-state index in [1.54, 1.807) is 29.3 Å². The van der Waals surface area contributed by atoms with Crippen LogP contribution in [-0.2, 0) is 6.54 Å². The first-order chi connectivity index (χ1) is 15.1. The summed E-state index contributed by atoms with van der Waals surface area (Å²) >= 11 is 1.53. The molecule has 1 amide bonds. The van der Waals surface area contributed by atoms with Crippen LogP contribution in [0.2, 0.25) is 0 Å². The Morgan fingerprint density at radius 3 is 2.81 bits per heavy atom. The Kier molecular flexibility index (Phi) is 5.07. The van der Waals surface area contributed by atoms with Gasteiger partial charge in [0.1, 0.15) is 13.2 Å². The Morgan fingerprint density at radius 2 is 2.00 bits per heavy atom. The number of nitrogens with zero attached hydrogens (tertiary/aromatic N) is 4. The van der Waals surface area contributed by atoms with E-state index in [0.29, 0.717) is 48.5 Å². The molecule has 2 aromatic carbocycles. The zero-order valence-electron chi connectivity index (χ0n) is 17.4. The average molecular weight is 435 g/mol. The van der Waals surface area contributed by atoms with Crippen LogP contribution in [0.4, 0.5) is 5.13 Å². The number of benzene rings is 2. The second kappa shape index (κ2) is 8.03. The van der Waals surface area contributed by atoms with Gasteiger partial charge >= 0.3 is 0 Å². The summed E-state index contributed by atoms with van der Waals surface area (Å²) in [6.07, 6.45) is 3.62. The highest BCUT2D eigenvalue weighted by Gasteiger charge is 2.24. The maximum Gasteiger partial charge on any atom is 0.260 e. The lowest BCUT2D eigenvalue weighted by molar-refractivity contribution is 0.0984. The van der Waals surface area contributed by atoms with Crippen molar-refractivity contribution in [2.24, 2.45) is 0 Å². The van der Waals surface area contributed by atoms with Crippen LogP contribution in [0.5, 0.6) is 11.5 Å². The van der Waals surface area contributed by atoms with E-state index < -0.39 is 0 Å². The molecule has 0 saturated carbocycles. The molecule has 7 nitrogen and oxygen atoms in total. The number of fused-ring (bicyclic) bond motifs is 2. The molecule has 0 radical (unpaired) electrons. The molecule has 4 aromatic rings. The molecule has 0 aliphatic carbocycles. The monoisotopic (exact) mass is 434 g/mol. The summed E-state index contributed by atoms with van der Waals surface area (Å²) < 4.78 is 14.2. The van der Waals surface area contributed by atoms with Gasteiger partial charge in [-0.2, -0.15) is 5.10 Å². The average Bonchev–Trinajstić information content (AvgIpc) is 3.43. The lowest BCUT2D eigenvalue weighted by Gasteiger charge is -2.22. The first-order valence-electron chi connectivity index (χ1n) is 10.2. The number of ether oxygens (including phenoxy) is 2. The smallest absolute Gasteiger partial charge is 0.260 e. The van der Waals surface area contributed by atoms with Crippen molar-refractivity contribution in [2.75, 3.05) is 24.7 Å². The van der Waals surface area contributed by atoms with Crippen molar-refractivity contribution in [3.05, 3.63) is 65.5 Å². The molecule has 0 unspecified atom stereocenters. The maximum atomic E-state index is 13.6. The highest BCUT2D eigenvalue weighted by Crippen LogP contribution is 2.34. The first kappa shape index (κ1) is 19.6. The number of carbonyl (C=O) groups excluding carboxylic acids is 1. The molecule has 1 aliphatic rings. The second-order valence-electron chi connectivity index (χ2n) is 7.51. The van der Waals surface area contributed by atoms with E-state index in [1.165, 1.54) is 16.9 Å². The highest BCUT2D eigenvalue weighted by molar-refractivity contribution is 7.22. The number of rotatable bonds is 5. The van der Waals surface area contributed by atoms with Gasteiger partial charge in [-0.25, -0.2) is 4.98 Å². The lowest BCUT2D eigenvalue weighted by Crippen LogP contribution is -2.34. The first-order valence-corrected chi connectivity index (χ1v) is 11.0. The van der Waals surface area contributed by atoms with Gasteiger partial charge in [0.2, 0.25) is 0 Å². The summed E-state index contributed by atoms with van der Waals surface area (Å²) in [6.45, 7) is 6.13. The molecule has 8 heteroatoms. The molecule has 0 saturated heterocycles. The largest absolute Gasteiger partial charge is 0.486 e. The summed E-state index contributed by atoms with van der Waals surface area (Å²) in [4.78, 5) is 20.1. The van der Waals surface area contributed by atoms with Crippen LogP contribution in [0.1, 0.15) is 21.5 Å². The predicted molar refractivity (Wildman–Crippen MR) is 120 cm³/mol. The molecule has 0 bridgehead atoms. The van der Waals surface area contributed by atoms with Crippen molar-refractivity contribution in [2.45, 2.75) is 20.4 Å². The van der Waals surface area contributed by atoms with Crippen LogP contribution in [0.15, 0.2) is 48.8 Å². The Balaban J connectivity index is 1.52. The lowest BCUT2D eigenvalue weighted by atomic mass is 10.1. The van der Waals surface area contributed by atoms with Gasteiger partial charge in [0.25, 0.3) is 5.91 Å². The van der Waals surface area contributed by atoms with Crippen molar-refractivity contribution >= 4 is 32.6 Å². The van der Waals surface area contributed by atoms with Crippen molar-refractivity contribution in [3.63, 3.8) is 0 Å². The Hall–Kier alpha value is -3.39. The second-order valence-corrected chi connectivity index (χ2v) is 8.52. The number of anilines is 1. The fourth-order valence-electron chi connectivity index (χ4n) is 3.73. The third kappa shape index (κ3) is 3.86. The Bertz CT molecular complexity index is 1250. The Labute approximate surface area is 183 Å². The van der Waals surface area contributed by atoms with E-state index in [-0.39, 0.29) is 5.91 Å². The number of aryl methyl sites for hydroxylation is 2. The number of hydrogen-bond acceptors (Lipinski definition) is 6. The van der Waals surface area contributed by atoms with Crippen LogP contribution >= 0.6 is 11.3 Å². The van der Waals surface area contributed by atoms with E-state index >= 15 is 0 Å². The molecule has 0 spiro atoms. The topological polar surface area (TPSA) is 69.5 Å². The molecule has 1 aliphatic heterocycles. The number of hydrogen-bond donors (Lipinski definition) is 0. The standard InChI is InChI=1S/C23H22N4O3S/c1-15-12-16(2)21-20(13-15)31-23(25-21)27(9-8-26-7-3-6-24-26)22(28)17-4-5-18-19(14-17)30-11-10-29-18/h3-7,12-14H,8-11H2,1-2H3. The fourth-order valence-corrected chi connectivity index (χ4v) is 4.89. The minimum absolute atomic E-state index is 0.127. The normalized spacial score (nSPS) is 12.8. The van der Waals surface area contributed by atoms with Crippen molar-refractivity contribution < 1.29 is 14.3 Å². The number of thiazole rings is 1. The predicted octanol–water partition coefficient (Wildman–Crippen LogP) is 4.23. The minimum Gasteiger partial charge on any atom is -0.486 e. The molecule has 5 rings (SSSR count). The number of aromatic nitrogens is 3. The van der Waals surface area contributed by atoms with E-state index in [4.69, 9.17) is 14.5 Å². The van der Waals surface area contributed by atoms with Crippen LogP contribution in [-0.4, -0.2) is 40.4 Å². The molecule has 31 heavy (non-hydrogen) atoms. The summed E-state index contributed by atoms with van der Waals surface area (Å²) in [5.74, 6) is 1.13. The molecule has 158 valence electrons.